The molecule has 1 aliphatic rings. The Balaban J connectivity index is 1.56. The van der Waals surface area contributed by atoms with E-state index in [1.54, 1.807) is 30.5 Å². The maximum absolute atomic E-state index is 12.0. The van der Waals surface area contributed by atoms with Crippen molar-refractivity contribution < 1.29 is 4.79 Å². The van der Waals surface area contributed by atoms with E-state index in [1.165, 1.54) is 24.6 Å². The number of nitriles is 1. The molecule has 0 aliphatic heterocycles. The fraction of sp³-hybridized carbons (Fsp3) is 0.267. The molecule has 1 aromatic heterocycles. The summed E-state index contributed by atoms with van der Waals surface area (Å²) in [5, 5.41) is 12.5. The molecule has 5 nitrogen and oxygen atoms in total. The van der Waals surface area contributed by atoms with E-state index < -0.39 is 0 Å². The summed E-state index contributed by atoms with van der Waals surface area (Å²) < 4.78 is 2.13. The van der Waals surface area contributed by atoms with E-state index in [-0.39, 0.29) is 5.91 Å². The SMILES string of the molecule is N#Cc1cccc(NC(=O)CSc2nccn2C2CC2)c1. The van der Waals surface area contributed by atoms with Crippen LogP contribution in [-0.4, -0.2) is 21.2 Å². The van der Waals surface area contributed by atoms with Crippen LogP contribution in [0, 0.1) is 11.3 Å². The van der Waals surface area contributed by atoms with Crippen LogP contribution in [0.1, 0.15) is 24.4 Å². The summed E-state index contributed by atoms with van der Waals surface area (Å²) in [7, 11) is 0. The highest BCUT2D eigenvalue weighted by molar-refractivity contribution is 7.99. The number of amides is 1. The molecule has 1 saturated carbocycles. The van der Waals surface area contributed by atoms with Crippen molar-refractivity contribution in [3.63, 3.8) is 0 Å². The summed E-state index contributed by atoms with van der Waals surface area (Å²) in [4.78, 5) is 16.2. The van der Waals surface area contributed by atoms with Gasteiger partial charge in [-0.1, -0.05) is 17.8 Å². The molecule has 0 bridgehead atoms. The fourth-order valence-corrected chi connectivity index (χ4v) is 2.86. The van der Waals surface area contributed by atoms with E-state index in [9.17, 15) is 4.79 Å². The second-order valence-electron chi connectivity index (χ2n) is 4.88. The summed E-state index contributed by atoms with van der Waals surface area (Å²) in [5.74, 6) is 0.209. The number of hydrogen-bond donors (Lipinski definition) is 1. The van der Waals surface area contributed by atoms with Crippen LogP contribution < -0.4 is 5.32 Å². The number of nitrogens with zero attached hydrogens (tertiary/aromatic N) is 3. The molecule has 21 heavy (non-hydrogen) atoms. The summed E-state index contributed by atoms with van der Waals surface area (Å²) >= 11 is 1.43. The third kappa shape index (κ3) is 3.44. The van der Waals surface area contributed by atoms with E-state index in [4.69, 9.17) is 5.26 Å². The quantitative estimate of drug-likeness (QED) is 0.862. The van der Waals surface area contributed by atoms with Crippen LogP contribution in [0.2, 0.25) is 0 Å². The number of thioether (sulfide) groups is 1. The van der Waals surface area contributed by atoms with Gasteiger partial charge in [0.1, 0.15) is 0 Å². The van der Waals surface area contributed by atoms with Gasteiger partial charge < -0.3 is 9.88 Å². The first-order valence-electron chi connectivity index (χ1n) is 6.72. The van der Waals surface area contributed by atoms with Gasteiger partial charge in [-0.2, -0.15) is 5.26 Å². The normalized spacial score (nSPS) is 13.7. The lowest BCUT2D eigenvalue weighted by Gasteiger charge is -2.07. The number of rotatable bonds is 5. The lowest BCUT2D eigenvalue weighted by atomic mass is 10.2. The molecule has 1 aliphatic carbocycles. The number of anilines is 1. The summed E-state index contributed by atoms with van der Waals surface area (Å²) in [5.41, 5.74) is 1.18. The van der Waals surface area contributed by atoms with Gasteiger partial charge >= 0.3 is 0 Å². The Morgan fingerprint density at radius 2 is 2.38 bits per heavy atom. The molecule has 1 heterocycles. The number of hydrogen-bond acceptors (Lipinski definition) is 4. The van der Waals surface area contributed by atoms with Crippen LogP contribution in [0.3, 0.4) is 0 Å². The van der Waals surface area contributed by atoms with Crippen molar-refractivity contribution in [2.24, 2.45) is 0 Å². The predicted molar refractivity (Wildman–Crippen MR) is 81.0 cm³/mol. The van der Waals surface area contributed by atoms with E-state index in [0.717, 1.165) is 5.16 Å². The van der Waals surface area contributed by atoms with Gasteiger partial charge in [-0.05, 0) is 31.0 Å². The number of aromatic nitrogens is 2. The van der Waals surface area contributed by atoms with Crippen molar-refractivity contribution in [1.82, 2.24) is 9.55 Å². The molecule has 1 N–H and O–H groups in total. The number of carbonyl (C=O) groups excluding carboxylic acids is 1. The second kappa shape index (κ2) is 6.02. The van der Waals surface area contributed by atoms with E-state index in [0.29, 0.717) is 23.0 Å². The predicted octanol–water partition coefficient (Wildman–Crippen LogP) is 2.82. The Labute approximate surface area is 127 Å². The number of nitrogens with one attached hydrogen (secondary N) is 1. The van der Waals surface area contributed by atoms with Gasteiger partial charge in [0.25, 0.3) is 0 Å². The molecular formula is C15H14N4OS. The molecule has 6 heteroatoms. The fourth-order valence-electron chi connectivity index (χ4n) is 2.04. The minimum absolute atomic E-state index is 0.0968. The molecule has 1 fully saturated rings. The second-order valence-corrected chi connectivity index (χ2v) is 5.82. The van der Waals surface area contributed by atoms with E-state index in [2.05, 4.69) is 20.9 Å². The minimum atomic E-state index is -0.0968. The molecule has 3 rings (SSSR count). The first-order valence-corrected chi connectivity index (χ1v) is 7.70. The third-order valence-corrected chi connectivity index (χ3v) is 4.16. The zero-order chi connectivity index (χ0) is 14.7. The maximum Gasteiger partial charge on any atom is 0.234 e. The van der Waals surface area contributed by atoms with Crippen LogP contribution in [0.25, 0.3) is 0 Å². The first-order chi connectivity index (χ1) is 10.3. The van der Waals surface area contributed by atoms with Gasteiger partial charge in [-0.15, -0.1) is 0 Å². The highest BCUT2D eigenvalue weighted by atomic mass is 32.2. The van der Waals surface area contributed by atoms with Gasteiger partial charge in [0.2, 0.25) is 5.91 Å². The molecule has 1 amide bonds. The first kappa shape index (κ1) is 13.7. The van der Waals surface area contributed by atoms with Crippen LogP contribution in [0.15, 0.2) is 41.8 Å². The van der Waals surface area contributed by atoms with Crippen molar-refractivity contribution in [3.8, 4) is 6.07 Å². The number of carbonyl (C=O) groups is 1. The Morgan fingerprint density at radius 1 is 1.52 bits per heavy atom. The number of imidazole rings is 1. The standard InChI is InChI=1S/C15H14N4OS/c16-9-11-2-1-3-12(8-11)18-14(20)10-21-15-17-6-7-19(15)13-4-5-13/h1-3,6-8,13H,4-5,10H2,(H,18,20). The van der Waals surface area contributed by atoms with Crippen LogP contribution >= 0.6 is 11.8 Å². The van der Waals surface area contributed by atoms with Crippen molar-refractivity contribution in [1.29, 1.82) is 5.26 Å². The van der Waals surface area contributed by atoms with Crippen molar-refractivity contribution >= 4 is 23.4 Å². The summed E-state index contributed by atoms with van der Waals surface area (Å²) in [6.45, 7) is 0. The Morgan fingerprint density at radius 3 is 3.14 bits per heavy atom. The van der Waals surface area contributed by atoms with Crippen molar-refractivity contribution in [3.05, 3.63) is 42.2 Å². The van der Waals surface area contributed by atoms with Crippen molar-refractivity contribution in [2.45, 2.75) is 24.0 Å². The van der Waals surface area contributed by atoms with Crippen LogP contribution in [-0.2, 0) is 4.79 Å². The smallest absolute Gasteiger partial charge is 0.234 e. The zero-order valence-corrected chi connectivity index (χ0v) is 12.1. The lowest BCUT2D eigenvalue weighted by Crippen LogP contribution is -2.14. The summed E-state index contributed by atoms with van der Waals surface area (Å²) in [6, 6.07) is 9.50. The van der Waals surface area contributed by atoms with Crippen LogP contribution in [0.5, 0.6) is 0 Å². The monoisotopic (exact) mass is 298 g/mol. The summed E-state index contributed by atoms with van der Waals surface area (Å²) in [6.07, 6.45) is 6.12. The minimum Gasteiger partial charge on any atom is -0.325 e. The Kier molecular flexibility index (Phi) is 3.93. The van der Waals surface area contributed by atoms with E-state index in [1.807, 2.05) is 6.20 Å². The average Bonchev–Trinajstić information content (AvgIpc) is 3.24. The largest absolute Gasteiger partial charge is 0.325 e. The highest BCUT2D eigenvalue weighted by Crippen LogP contribution is 2.37. The molecule has 106 valence electrons. The van der Waals surface area contributed by atoms with Gasteiger partial charge in [0.05, 0.1) is 17.4 Å². The molecule has 2 aromatic rings. The molecule has 1 aromatic carbocycles. The molecular weight excluding hydrogens is 284 g/mol. The van der Waals surface area contributed by atoms with Gasteiger partial charge in [0.15, 0.2) is 5.16 Å². The Bertz CT molecular complexity index is 700. The molecule has 0 atom stereocenters. The molecule has 0 saturated heterocycles. The Hall–Kier alpha value is -2.26. The molecule has 0 spiro atoms. The average molecular weight is 298 g/mol. The van der Waals surface area contributed by atoms with Gasteiger partial charge in [-0.3, -0.25) is 4.79 Å². The van der Waals surface area contributed by atoms with Crippen molar-refractivity contribution in [2.75, 3.05) is 11.1 Å². The van der Waals surface area contributed by atoms with Gasteiger partial charge in [0, 0.05) is 24.1 Å². The van der Waals surface area contributed by atoms with Crippen LogP contribution in [0.4, 0.5) is 5.69 Å². The number of benzene rings is 1. The van der Waals surface area contributed by atoms with Gasteiger partial charge in [-0.25, -0.2) is 4.98 Å². The molecule has 0 radical (unpaired) electrons. The molecule has 0 unspecified atom stereocenters. The lowest BCUT2D eigenvalue weighted by molar-refractivity contribution is -0.113. The van der Waals surface area contributed by atoms with E-state index >= 15 is 0 Å². The third-order valence-electron chi connectivity index (χ3n) is 3.18. The topological polar surface area (TPSA) is 70.7 Å². The zero-order valence-electron chi connectivity index (χ0n) is 11.3. The highest BCUT2D eigenvalue weighted by Gasteiger charge is 2.25. The maximum atomic E-state index is 12.0.